The van der Waals surface area contributed by atoms with Gasteiger partial charge in [-0.3, -0.25) is 10.1 Å². The monoisotopic (exact) mass is 280 g/mol. The normalized spacial score (nSPS) is 25.1. The van der Waals surface area contributed by atoms with Gasteiger partial charge in [-0.25, -0.2) is 0 Å². The molecule has 1 fully saturated rings. The van der Waals surface area contributed by atoms with E-state index in [2.05, 4.69) is 0 Å². The number of aryl methyl sites for hydroxylation is 1. The number of nitro groups is 1. The van der Waals surface area contributed by atoms with Gasteiger partial charge in [0.15, 0.2) is 0 Å². The van der Waals surface area contributed by atoms with Crippen molar-refractivity contribution in [1.82, 2.24) is 0 Å². The first-order valence-electron chi connectivity index (χ1n) is 6.81. The van der Waals surface area contributed by atoms with Crippen LogP contribution in [0.4, 0.5) is 5.69 Å². The summed E-state index contributed by atoms with van der Waals surface area (Å²) in [6.07, 6.45) is 1.37. The second-order valence-corrected chi connectivity index (χ2v) is 5.10. The Morgan fingerprint density at radius 2 is 2.25 bits per heavy atom. The molecule has 2 N–H and O–H groups in total. The average molecular weight is 280 g/mol. The molecule has 0 heterocycles. The highest BCUT2D eigenvalue weighted by Crippen LogP contribution is 2.31. The number of nitrogens with two attached hydrogens (primary N) is 1. The van der Waals surface area contributed by atoms with Crippen LogP contribution in [0.5, 0.6) is 5.75 Å². The Hall–Kier alpha value is -1.66. The Labute approximate surface area is 118 Å². The van der Waals surface area contributed by atoms with Crippen LogP contribution >= 0.6 is 0 Å². The van der Waals surface area contributed by atoms with Gasteiger partial charge in [0.1, 0.15) is 18.0 Å². The van der Waals surface area contributed by atoms with Gasteiger partial charge in [0.25, 0.3) is 5.69 Å². The molecule has 0 spiro atoms. The van der Waals surface area contributed by atoms with Crippen molar-refractivity contribution in [2.45, 2.75) is 44.9 Å². The Bertz CT molecular complexity index is 492. The third kappa shape index (κ3) is 3.08. The Balaban J connectivity index is 2.06. The van der Waals surface area contributed by atoms with Crippen molar-refractivity contribution in [1.29, 1.82) is 0 Å². The second kappa shape index (κ2) is 6.19. The fourth-order valence-electron chi connectivity index (χ4n) is 2.21. The number of benzene rings is 1. The molecule has 2 rings (SSSR count). The minimum absolute atomic E-state index is 0.0226. The van der Waals surface area contributed by atoms with Crippen molar-refractivity contribution in [3.05, 3.63) is 33.9 Å². The summed E-state index contributed by atoms with van der Waals surface area (Å²) in [6.45, 7) is 4.54. The largest absolute Gasteiger partial charge is 0.487 e. The first-order chi connectivity index (χ1) is 9.52. The molecule has 20 heavy (non-hydrogen) atoms. The van der Waals surface area contributed by atoms with Crippen molar-refractivity contribution in [3.8, 4) is 5.75 Å². The number of hydrogen-bond donors (Lipinski definition) is 1. The lowest BCUT2D eigenvalue weighted by atomic mass is 9.86. The molecule has 1 aromatic carbocycles. The molecule has 1 aliphatic rings. The van der Waals surface area contributed by atoms with E-state index >= 15 is 0 Å². The van der Waals surface area contributed by atoms with Gasteiger partial charge in [-0.15, -0.1) is 0 Å². The fraction of sp³-hybridized carbons (Fsp3) is 0.571. The van der Waals surface area contributed by atoms with E-state index < -0.39 is 4.92 Å². The van der Waals surface area contributed by atoms with Gasteiger partial charge in [-0.05, 0) is 25.0 Å². The van der Waals surface area contributed by atoms with Crippen LogP contribution in [-0.4, -0.2) is 29.8 Å². The zero-order valence-corrected chi connectivity index (χ0v) is 11.7. The highest BCUT2D eigenvalue weighted by molar-refractivity contribution is 5.43. The molecule has 1 saturated carbocycles. The molecular formula is C14H20N2O4. The molecule has 0 aliphatic heterocycles. The predicted molar refractivity (Wildman–Crippen MR) is 74.9 cm³/mol. The number of non-ortho nitro benzene ring substituents is 1. The summed E-state index contributed by atoms with van der Waals surface area (Å²) in [5.41, 5.74) is 6.80. The van der Waals surface area contributed by atoms with Crippen molar-refractivity contribution in [2.24, 2.45) is 5.73 Å². The average Bonchev–Trinajstić information content (AvgIpc) is 2.40. The van der Waals surface area contributed by atoms with Gasteiger partial charge in [-0.1, -0.05) is 6.92 Å². The van der Waals surface area contributed by atoms with E-state index in [1.807, 2.05) is 13.8 Å². The summed E-state index contributed by atoms with van der Waals surface area (Å²) in [4.78, 5) is 10.4. The van der Waals surface area contributed by atoms with Crippen molar-refractivity contribution < 1.29 is 14.4 Å². The van der Waals surface area contributed by atoms with Crippen LogP contribution in [-0.2, 0) is 4.74 Å². The number of rotatable bonds is 6. The molecule has 0 bridgehead atoms. The molecule has 6 nitrogen and oxygen atoms in total. The lowest BCUT2D eigenvalue weighted by Crippen LogP contribution is -2.59. The predicted octanol–water partition coefficient (Wildman–Crippen LogP) is 2.18. The van der Waals surface area contributed by atoms with Gasteiger partial charge >= 0.3 is 0 Å². The molecular weight excluding hydrogens is 260 g/mol. The first-order valence-corrected chi connectivity index (χ1v) is 6.81. The molecule has 1 aliphatic carbocycles. The van der Waals surface area contributed by atoms with Crippen LogP contribution in [0.15, 0.2) is 18.2 Å². The van der Waals surface area contributed by atoms with Crippen LogP contribution in [0, 0.1) is 17.0 Å². The number of hydrogen-bond acceptors (Lipinski definition) is 5. The summed E-state index contributed by atoms with van der Waals surface area (Å²) >= 11 is 0. The molecule has 3 atom stereocenters. The Kier molecular flexibility index (Phi) is 4.57. The maximum absolute atomic E-state index is 10.8. The Morgan fingerprint density at radius 3 is 2.85 bits per heavy atom. The quantitative estimate of drug-likeness (QED) is 0.637. The standard InChI is InChI=1S/C14H20N2O4/c1-3-6-19-14-11(15)8-13(14)20-12-7-10(16(17)18)5-4-9(12)2/h4-5,7,11,13-14H,3,6,8,15H2,1-2H3. The number of ether oxygens (including phenoxy) is 2. The van der Waals surface area contributed by atoms with Crippen LogP contribution < -0.4 is 10.5 Å². The molecule has 0 saturated heterocycles. The lowest BCUT2D eigenvalue weighted by Gasteiger charge is -2.42. The molecule has 6 heteroatoms. The first kappa shape index (κ1) is 14.7. The summed E-state index contributed by atoms with van der Waals surface area (Å²) in [5, 5.41) is 10.8. The van der Waals surface area contributed by atoms with Crippen molar-refractivity contribution in [2.75, 3.05) is 6.61 Å². The zero-order valence-electron chi connectivity index (χ0n) is 11.7. The minimum Gasteiger partial charge on any atom is -0.487 e. The SMILES string of the molecule is CCCOC1C(N)CC1Oc1cc([N+](=O)[O-])ccc1C. The molecule has 110 valence electrons. The molecule has 0 aromatic heterocycles. The van der Waals surface area contributed by atoms with Gasteiger partial charge in [0.2, 0.25) is 0 Å². The van der Waals surface area contributed by atoms with E-state index in [4.69, 9.17) is 15.2 Å². The van der Waals surface area contributed by atoms with Crippen molar-refractivity contribution >= 4 is 5.69 Å². The maximum atomic E-state index is 10.8. The minimum atomic E-state index is -0.427. The van der Waals surface area contributed by atoms with Crippen LogP contribution in [0.1, 0.15) is 25.3 Å². The van der Waals surface area contributed by atoms with Crippen LogP contribution in [0.25, 0.3) is 0 Å². The number of nitrogens with zero attached hydrogens (tertiary/aromatic N) is 1. The van der Waals surface area contributed by atoms with Gasteiger partial charge < -0.3 is 15.2 Å². The summed E-state index contributed by atoms with van der Waals surface area (Å²) in [7, 11) is 0. The Morgan fingerprint density at radius 1 is 1.50 bits per heavy atom. The van der Waals surface area contributed by atoms with Gasteiger partial charge in [0.05, 0.1) is 11.0 Å². The van der Waals surface area contributed by atoms with E-state index in [-0.39, 0.29) is 23.9 Å². The summed E-state index contributed by atoms with van der Waals surface area (Å²) in [5.74, 6) is 0.529. The third-order valence-electron chi connectivity index (χ3n) is 3.47. The van der Waals surface area contributed by atoms with Crippen LogP contribution in [0.2, 0.25) is 0 Å². The molecule has 0 amide bonds. The van der Waals surface area contributed by atoms with Gasteiger partial charge in [-0.2, -0.15) is 0 Å². The highest BCUT2D eigenvalue weighted by Gasteiger charge is 2.41. The lowest BCUT2D eigenvalue weighted by molar-refractivity contribution is -0.385. The smallest absolute Gasteiger partial charge is 0.273 e. The molecule has 0 radical (unpaired) electrons. The summed E-state index contributed by atoms with van der Waals surface area (Å²) < 4.78 is 11.5. The van der Waals surface area contributed by atoms with E-state index in [1.54, 1.807) is 6.07 Å². The molecule has 1 aromatic rings. The number of nitro benzene ring substituents is 1. The van der Waals surface area contributed by atoms with Crippen molar-refractivity contribution in [3.63, 3.8) is 0 Å². The zero-order chi connectivity index (χ0) is 14.7. The van der Waals surface area contributed by atoms with Crippen LogP contribution in [0.3, 0.4) is 0 Å². The second-order valence-electron chi connectivity index (χ2n) is 5.10. The summed E-state index contributed by atoms with van der Waals surface area (Å²) in [6, 6.07) is 4.59. The van der Waals surface area contributed by atoms with E-state index in [9.17, 15) is 10.1 Å². The topological polar surface area (TPSA) is 87.6 Å². The van der Waals surface area contributed by atoms with E-state index in [0.717, 1.165) is 12.0 Å². The fourth-order valence-corrected chi connectivity index (χ4v) is 2.21. The van der Waals surface area contributed by atoms with E-state index in [0.29, 0.717) is 18.8 Å². The van der Waals surface area contributed by atoms with E-state index in [1.165, 1.54) is 12.1 Å². The highest BCUT2D eigenvalue weighted by atomic mass is 16.6. The third-order valence-corrected chi connectivity index (χ3v) is 3.47. The maximum Gasteiger partial charge on any atom is 0.273 e. The molecule has 3 unspecified atom stereocenters. The van der Waals surface area contributed by atoms with Gasteiger partial charge in [0, 0.05) is 25.1 Å².